The van der Waals surface area contributed by atoms with Crippen LogP contribution >= 0.6 is 11.8 Å². The maximum atomic E-state index is 12.1. The highest BCUT2D eigenvalue weighted by Crippen LogP contribution is 2.42. The van der Waals surface area contributed by atoms with Crippen LogP contribution in [0.15, 0.2) is 23.2 Å². The van der Waals surface area contributed by atoms with E-state index in [1.165, 1.54) is 11.8 Å². The van der Waals surface area contributed by atoms with Crippen LogP contribution in [0, 0.1) is 13.8 Å². The summed E-state index contributed by atoms with van der Waals surface area (Å²) in [4.78, 5) is 28.5. The van der Waals surface area contributed by atoms with Gasteiger partial charge in [-0.05, 0) is 25.0 Å². The van der Waals surface area contributed by atoms with Crippen molar-refractivity contribution < 1.29 is 27.9 Å². The zero-order valence-electron chi connectivity index (χ0n) is 14.9. The zero-order chi connectivity index (χ0) is 19.8. The van der Waals surface area contributed by atoms with Gasteiger partial charge in [0.05, 0.1) is 17.5 Å². The molecule has 0 spiro atoms. The summed E-state index contributed by atoms with van der Waals surface area (Å²) in [7, 11) is -3.14. The van der Waals surface area contributed by atoms with Crippen LogP contribution in [0.3, 0.4) is 0 Å². The monoisotopic (exact) mass is 412 g/mol. The number of anilines is 1. The van der Waals surface area contributed by atoms with Gasteiger partial charge in [0.25, 0.3) is 5.91 Å². The molecule has 2 saturated heterocycles. The minimum Gasteiger partial charge on any atom is -0.480 e. The standard InChI is InChI=1S/C17H20N2O6S2/c1-10-4-3-5-11(2)16(10)19-12-8-27(23,24)9-13(12)26-17(19)18-14(20)6-25-7-15(21)22/h3-5,12-13H,6-9H2,1-2H3,(H,21,22)/t12-,13+/m0/s1. The van der Waals surface area contributed by atoms with E-state index in [4.69, 9.17) is 9.84 Å². The van der Waals surface area contributed by atoms with Gasteiger partial charge in [-0.3, -0.25) is 4.79 Å². The van der Waals surface area contributed by atoms with Crippen molar-refractivity contribution in [3.8, 4) is 0 Å². The Kier molecular flexibility index (Phi) is 5.59. The van der Waals surface area contributed by atoms with E-state index in [0.29, 0.717) is 5.17 Å². The van der Waals surface area contributed by atoms with Gasteiger partial charge in [-0.15, -0.1) is 0 Å². The van der Waals surface area contributed by atoms with E-state index < -0.39 is 34.9 Å². The Bertz CT molecular complexity index is 892. The molecule has 0 radical (unpaired) electrons. The maximum absolute atomic E-state index is 12.1. The van der Waals surface area contributed by atoms with Crippen molar-refractivity contribution in [3.63, 3.8) is 0 Å². The number of carbonyl (C=O) groups excluding carboxylic acids is 1. The van der Waals surface area contributed by atoms with E-state index in [9.17, 15) is 18.0 Å². The summed E-state index contributed by atoms with van der Waals surface area (Å²) in [6, 6.07) is 5.49. The minimum atomic E-state index is -3.14. The number of aliphatic carboxylic acids is 1. The number of thioether (sulfide) groups is 1. The molecule has 0 aromatic heterocycles. The van der Waals surface area contributed by atoms with Crippen LogP contribution in [-0.4, -0.2) is 66.6 Å². The van der Waals surface area contributed by atoms with Crippen molar-refractivity contribution in [1.29, 1.82) is 0 Å². The first-order chi connectivity index (χ1) is 12.7. The normalized spacial score (nSPS) is 25.0. The van der Waals surface area contributed by atoms with Crippen molar-refractivity contribution in [1.82, 2.24) is 0 Å². The third kappa shape index (κ3) is 4.33. The average molecular weight is 412 g/mol. The lowest BCUT2D eigenvalue weighted by atomic mass is 10.1. The number of hydrogen-bond donors (Lipinski definition) is 1. The topological polar surface area (TPSA) is 113 Å². The Hall–Kier alpha value is -1.91. The number of ether oxygens (including phenoxy) is 1. The number of benzene rings is 1. The minimum absolute atomic E-state index is 0.0150. The molecule has 2 aliphatic rings. The molecule has 0 aliphatic carbocycles. The Balaban J connectivity index is 1.92. The number of aliphatic imine (C=N–C) groups is 1. The highest BCUT2D eigenvalue weighted by atomic mass is 32.2. The Labute approximate surface area is 161 Å². The molecular formula is C17H20N2O6S2. The van der Waals surface area contributed by atoms with Crippen LogP contribution < -0.4 is 4.90 Å². The van der Waals surface area contributed by atoms with Crippen LogP contribution in [0.25, 0.3) is 0 Å². The second-order valence-electron chi connectivity index (χ2n) is 6.59. The number of rotatable bonds is 5. The van der Waals surface area contributed by atoms with Crippen molar-refractivity contribution in [3.05, 3.63) is 29.3 Å². The molecule has 2 aliphatic heterocycles. The van der Waals surface area contributed by atoms with Gasteiger partial charge in [0.1, 0.15) is 13.2 Å². The molecule has 2 atom stereocenters. The van der Waals surface area contributed by atoms with E-state index in [2.05, 4.69) is 4.99 Å². The lowest BCUT2D eigenvalue weighted by Gasteiger charge is -2.27. The smallest absolute Gasteiger partial charge is 0.329 e. The fourth-order valence-electron chi connectivity index (χ4n) is 3.38. The molecule has 1 amide bonds. The molecule has 146 valence electrons. The number of aryl methyl sites for hydroxylation is 2. The zero-order valence-corrected chi connectivity index (χ0v) is 16.5. The molecule has 10 heteroatoms. The summed E-state index contributed by atoms with van der Waals surface area (Å²) in [6.07, 6.45) is 0. The van der Waals surface area contributed by atoms with Gasteiger partial charge in [0.2, 0.25) is 0 Å². The quantitative estimate of drug-likeness (QED) is 0.762. The number of para-hydroxylation sites is 1. The van der Waals surface area contributed by atoms with E-state index in [1.54, 1.807) is 0 Å². The number of carboxylic acid groups (broad SMARTS) is 1. The fraction of sp³-hybridized carbons (Fsp3) is 0.471. The number of carbonyl (C=O) groups is 2. The molecule has 8 nitrogen and oxygen atoms in total. The first-order valence-electron chi connectivity index (χ1n) is 8.31. The fourth-order valence-corrected chi connectivity index (χ4v) is 7.29. The number of fused-ring (bicyclic) bond motifs is 1. The summed E-state index contributed by atoms with van der Waals surface area (Å²) in [5.74, 6) is -1.70. The van der Waals surface area contributed by atoms with Gasteiger partial charge in [0, 0.05) is 10.9 Å². The lowest BCUT2D eigenvalue weighted by molar-refractivity contribution is -0.143. The molecular weight excluding hydrogens is 392 g/mol. The van der Waals surface area contributed by atoms with Gasteiger partial charge in [-0.25, -0.2) is 13.2 Å². The van der Waals surface area contributed by atoms with Crippen molar-refractivity contribution in [2.45, 2.75) is 25.1 Å². The number of hydrogen-bond acceptors (Lipinski definition) is 6. The number of amides is 1. The second kappa shape index (κ2) is 7.61. The average Bonchev–Trinajstić information content (AvgIpc) is 2.99. The third-order valence-electron chi connectivity index (χ3n) is 4.42. The van der Waals surface area contributed by atoms with Crippen LogP contribution in [0.2, 0.25) is 0 Å². The highest BCUT2D eigenvalue weighted by molar-refractivity contribution is 8.16. The summed E-state index contributed by atoms with van der Waals surface area (Å²) >= 11 is 1.28. The molecule has 2 fully saturated rings. The summed E-state index contributed by atoms with van der Waals surface area (Å²) < 4.78 is 29.0. The highest BCUT2D eigenvalue weighted by Gasteiger charge is 2.49. The number of sulfone groups is 1. The summed E-state index contributed by atoms with van der Waals surface area (Å²) in [6.45, 7) is 2.84. The van der Waals surface area contributed by atoms with E-state index in [0.717, 1.165) is 16.8 Å². The SMILES string of the molecule is Cc1cccc(C)c1N1C(=NC(=O)COCC(=O)O)S[C@@H]2CS(=O)(=O)C[C@@H]21. The first kappa shape index (κ1) is 19.8. The number of nitrogens with zero attached hydrogens (tertiary/aromatic N) is 2. The molecule has 0 saturated carbocycles. The molecule has 2 heterocycles. The molecule has 0 bridgehead atoms. The van der Waals surface area contributed by atoms with Gasteiger partial charge in [-0.2, -0.15) is 4.99 Å². The predicted octanol–water partition coefficient (Wildman–Crippen LogP) is 1.01. The van der Waals surface area contributed by atoms with Crippen LogP contribution in [0.4, 0.5) is 5.69 Å². The van der Waals surface area contributed by atoms with Crippen molar-refractivity contribution in [2.24, 2.45) is 4.99 Å². The lowest BCUT2D eigenvalue weighted by Crippen LogP contribution is -2.38. The molecule has 1 aromatic carbocycles. The van der Waals surface area contributed by atoms with Gasteiger partial charge < -0.3 is 14.7 Å². The number of amidine groups is 1. The van der Waals surface area contributed by atoms with Crippen LogP contribution in [-0.2, 0) is 24.2 Å². The molecule has 0 unspecified atom stereocenters. The first-order valence-corrected chi connectivity index (χ1v) is 11.0. The molecule has 3 rings (SSSR count). The Morgan fingerprint density at radius 1 is 1.26 bits per heavy atom. The molecule has 1 N–H and O–H groups in total. The Morgan fingerprint density at radius 3 is 2.56 bits per heavy atom. The van der Waals surface area contributed by atoms with Gasteiger partial charge in [0.15, 0.2) is 15.0 Å². The largest absolute Gasteiger partial charge is 0.480 e. The van der Waals surface area contributed by atoms with Gasteiger partial charge in [-0.1, -0.05) is 30.0 Å². The second-order valence-corrected chi connectivity index (χ2v) is 9.95. The van der Waals surface area contributed by atoms with Crippen molar-refractivity contribution >= 4 is 44.3 Å². The van der Waals surface area contributed by atoms with Crippen molar-refractivity contribution in [2.75, 3.05) is 29.6 Å². The van der Waals surface area contributed by atoms with Crippen LogP contribution in [0.5, 0.6) is 0 Å². The van der Waals surface area contributed by atoms with Crippen LogP contribution in [0.1, 0.15) is 11.1 Å². The van der Waals surface area contributed by atoms with E-state index in [1.807, 2.05) is 36.9 Å². The van der Waals surface area contributed by atoms with E-state index >= 15 is 0 Å². The van der Waals surface area contributed by atoms with Gasteiger partial charge >= 0.3 is 5.97 Å². The predicted molar refractivity (Wildman–Crippen MR) is 103 cm³/mol. The number of carboxylic acids is 1. The van der Waals surface area contributed by atoms with E-state index in [-0.39, 0.29) is 22.8 Å². The summed E-state index contributed by atoms with van der Waals surface area (Å²) in [5, 5.41) is 8.82. The molecule has 27 heavy (non-hydrogen) atoms. The maximum Gasteiger partial charge on any atom is 0.329 e. The molecule has 1 aromatic rings. The Morgan fingerprint density at radius 2 is 1.93 bits per heavy atom. The summed E-state index contributed by atoms with van der Waals surface area (Å²) in [5.41, 5.74) is 2.78. The third-order valence-corrected chi connectivity index (χ3v) is 7.63.